The first-order valence-corrected chi connectivity index (χ1v) is 7.94. The molecular formula is C17H25N3O2. The topological polar surface area (TPSA) is 78.0 Å². The third-order valence-corrected chi connectivity index (χ3v) is 4.05. The van der Waals surface area contributed by atoms with Crippen molar-refractivity contribution in [2.24, 2.45) is 0 Å². The number of carbonyl (C=O) groups excluding carboxylic acids is 1. The molecule has 0 saturated carbocycles. The summed E-state index contributed by atoms with van der Waals surface area (Å²) in [6.45, 7) is 6.00. The molecule has 0 bridgehead atoms. The minimum absolute atomic E-state index is 0.124. The summed E-state index contributed by atoms with van der Waals surface area (Å²) in [5.41, 5.74) is 1.58. The van der Waals surface area contributed by atoms with E-state index in [1.165, 1.54) is 0 Å². The van der Waals surface area contributed by atoms with E-state index >= 15 is 0 Å². The van der Waals surface area contributed by atoms with Gasteiger partial charge in [-0.1, -0.05) is 26.7 Å². The second-order valence-corrected chi connectivity index (χ2v) is 5.99. The molecule has 0 spiro atoms. The van der Waals surface area contributed by atoms with E-state index in [4.69, 9.17) is 0 Å². The summed E-state index contributed by atoms with van der Waals surface area (Å²) in [6, 6.07) is 1.94. The molecule has 0 atom stereocenters. The lowest BCUT2D eigenvalue weighted by molar-refractivity contribution is -0.121. The number of carbonyl (C=O) groups is 1. The van der Waals surface area contributed by atoms with Gasteiger partial charge < -0.3 is 15.4 Å². The van der Waals surface area contributed by atoms with Gasteiger partial charge in [-0.05, 0) is 31.4 Å². The molecule has 2 rings (SSSR count). The Morgan fingerprint density at radius 1 is 1.36 bits per heavy atom. The Balaban J connectivity index is 2.11. The molecule has 0 aliphatic heterocycles. The highest BCUT2D eigenvalue weighted by atomic mass is 16.3. The van der Waals surface area contributed by atoms with Gasteiger partial charge in [0.2, 0.25) is 5.91 Å². The molecule has 0 radical (unpaired) electrons. The quantitative estimate of drug-likeness (QED) is 0.732. The van der Waals surface area contributed by atoms with Gasteiger partial charge in [0.05, 0.1) is 23.9 Å². The fraction of sp³-hybridized carbons (Fsp3) is 0.529. The monoisotopic (exact) mass is 303 g/mol. The number of aryl methyl sites for hydroxylation is 1. The van der Waals surface area contributed by atoms with Crippen molar-refractivity contribution in [2.75, 3.05) is 5.32 Å². The number of fused-ring (bicyclic) bond motifs is 1. The Morgan fingerprint density at radius 3 is 2.68 bits per heavy atom. The third-order valence-electron chi connectivity index (χ3n) is 4.05. The Bertz CT molecular complexity index is 642. The molecule has 1 amide bonds. The summed E-state index contributed by atoms with van der Waals surface area (Å²) in [7, 11) is 0. The summed E-state index contributed by atoms with van der Waals surface area (Å²) < 4.78 is 0. The van der Waals surface area contributed by atoms with Crippen molar-refractivity contribution in [1.29, 1.82) is 0 Å². The van der Waals surface area contributed by atoms with Gasteiger partial charge in [-0.25, -0.2) is 4.98 Å². The number of aromatic amines is 1. The Morgan fingerprint density at radius 2 is 2.05 bits per heavy atom. The zero-order valence-electron chi connectivity index (χ0n) is 13.6. The maximum Gasteiger partial charge on any atom is 0.227 e. The number of aliphatic hydroxyl groups is 1. The number of nitrogens with zero attached hydrogens (tertiary/aromatic N) is 1. The van der Waals surface area contributed by atoms with Crippen LogP contribution < -0.4 is 5.32 Å². The fourth-order valence-corrected chi connectivity index (χ4v) is 2.99. The number of nitrogens with one attached hydrogen (secondary N) is 2. The van der Waals surface area contributed by atoms with E-state index in [9.17, 15) is 9.90 Å². The number of anilines is 1. The largest absolute Gasteiger partial charge is 0.389 e. The molecule has 120 valence electrons. The van der Waals surface area contributed by atoms with Crippen LogP contribution in [-0.2, 0) is 4.79 Å². The van der Waals surface area contributed by atoms with Crippen LogP contribution in [0.5, 0.6) is 0 Å². The number of rotatable bonds is 7. The first-order valence-electron chi connectivity index (χ1n) is 7.94. The number of hydrogen-bond acceptors (Lipinski definition) is 3. The van der Waals surface area contributed by atoms with Crippen LogP contribution in [-0.4, -0.2) is 26.6 Å². The van der Waals surface area contributed by atoms with Crippen LogP contribution in [0.15, 0.2) is 18.5 Å². The van der Waals surface area contributed by atoms with Gasteiger partial charge in [0.25, 0.3) is 0 Å². The Labute approximate surface area is 131 Å². The first-order chi connectivity index (χ1) is 10.5. The number of pyridine rings is 1. The summed E-state index contributed by atoms with van der Waals surface area (Å²) in [4.78, 5) is 19.6. The van der Waals surface area contributed by atoms with Crippen LogP contribution in [0.3, 0.4) is 0 Å². The van der Waals surface area contributed by atoms with Crippen molar-refractivity contribution < 1.29 is 9.90 Å². The molecule has 22 heavy (non-hydrogen) atoms. The number of aromatic nitrogens is 2. The van der Waals surface area contributed by atoms with Gasteiger partial charge >= 0.3 is 0 Å². The molecule has 0 unspecified atom stereocenters. The molecule has 0 aromatic carbocycles. The fourth-order valence-electron chi connectivity index (χ4n) is 2.99. The van der Waals surface area contributed by atoms with Crippen molar-refractivity contribution >= 4 is 22.6 Å². The molecule has 2 aromatic rings. The smallest absolute Gasteiger partial charge is 0.227 e. The minimum Gasteiger partial charge on any atom is -0.389 e. The Kier molecular flexibility index (Phi) is 5.19. The minimum atomic E-state index is -0.910. The average molecular weight is 303 g/mol. The summed E-state index contributed by atoms with van der Waals surface area (Å²) >= 11 is 0. The highest BCUT2D eigenvalue weighted by Crippen LogP contribution is 2.26. The summed E-state index contributed by atoms with van der Waals surface area (Å²) in [5, 5.41) is 14.5. The molecule has 3 N–H and O–H groups in total. The van der Waals surface area contributed by atoms with Crippen LogP contribution in [0, 0.1) is 6.92 Å². The second kappa shape index (κ2) is 6.92. The van der Waals surface area contributed by atoms with E-state index in [1.54, 1.807) is 6.20 Å². The molecule has 0 aliphatic rings. The van der Waals surface area contributed by atoms with Crippen LogP contribution >= 0.6 is 0 Å². The zero-order chi connectivity index (χ0) is 16.2. The van der Waals surface area contributed by atoms with Gasteiger partial charge in [0.15, 0.2) is 0 Å². The van der Waals surface area contributed by atoms with Gasteiger partial charge in [0.1, 0.15) is 5.65 Å². The summed E-state index contributed by atoms with van der Waals surface area (Å²) in [5.74, 6) is -0.163. The van der Waals surface area contributed by atoms with Gasteiger partial charge in [0, 0.05) is 11.6 Å². The molecule has 2 aromatic heterocycles. The van der Waals surface area contributed by atoms with Crippen molar-refractivity contribution in [1.82, 2.24) is 9.97 Å². The first kappa shape index (κ1) is 16.5. The average Bonchev–Trinajstić information content (AvgIpc) is 2.91. The molecule has 5 heteroatoms. The predicted molar refractivity (Wildman–Crippen MR) is 88.8 cm³/mol. The normalized spacial score (nSPS) is 11.8. The Hall–Kier alpha value is -1.88. The van der Waals surface area contributed by atoms with Gasteiger partial charge in [-0.3, -0.25) is 4.79 Å². The van der Waals surface area contributed by atoms with E-state index in [0.29, 0.717) is 18.5 Å². The molecule has 0 aliphatic carbocycles. The van der Waals surface area contributed by atoms with E-state index in [2.05, 4.69) is 15.3 Å². The zero-order valence-corrected chi connectivity index (χ0v) is 13.6. The second-order valence-electron chi connectivity index (χ2n) is 5.99. The molecule has 2 heterocycles. The van der Waals surface area contributed by atoms with Gasteiger partial charge in [-0.15, -0.1) is 0 Å². The van der Waals surface area contributed by atoms with Crippen LogP contribution in [0.4, 0.5) is 5.69 Å². The van der Waals surface area contributed by atoms with E-state index in [-0.39, 0.29) is 12.3 Å². The van der Waals surface area contributed by atoms with E-state index < -0.39 is 5.60 Å². The number of amides is 1. The van der Waals surface area contributed by atoms with Crippen molar-refractivity contribution in [2.45, 2.75) is 58.5 Å². The summed E-state index contributed by atoms with van der Waals surface area (Å²) in [6.07, 6.45) is 6.62. The molecular weight excluding hydrogens is 278 g/mol. The predicted octanol–water partition coefficient (Wildman–Crippen LogP) is 3.53. The molecule has 0 fully saturated rings. The van der Waals surface area contributed by atoms with Crippen LogP contribution in [0.1, 0.15) is 51.5 Å². The lowest BCUT2D eigenvalue weighted by Crippen LogP contribution is -2.34. The maximum absolute atomic E-state index is 12.3. The highest BCUT2D eigenvalue weighted by molar-refractivity contribution is 5.95. The van der Waals surface area contributed by atoms with Gasteiger partial charge in [-0.2, -0.15) is 0 Å². The van der Waals surface area contributed by atoms with Crippen molar-refractivity contribution in [3.8, 4) is 0 Å². The third kappa shape index (κ3) is 3.65. The lowest BCUT2D eigenvalue weighted by atomic mass is 9.89. The van der Waals surface area contributed by atoms with Crippen molar-refractivity contribution in [3.05, 3.63) is 24.0 Å². The standard InChI is InChI=1S/C17H25N3O2/c1-4-7-17(22,8-5-2)10-15(21)20-14-11-19-16-13(12(14)3)6-9-18-16/h6,9,11,22H,4-5,7-8,10H2,1-3H3,(H,18,19)(H,20,21). The lowest BCUT2D eigenvalue weighted by Gasteiger charge is -2.27. The van der Waals surface area contributed by atoms with E-state index in [0.717, 1.165) is 29.4 Å². The SMILES string of the molecule is CCCC(O)(CCC)CC(=O)Nc1cnc2[nH]ccc2c1C. The molecule has 5 nitrogen and oxygen atoms in total. The molecule has 0 saturated heterocycles. The maximum atomic E-state index is 12.3. The van der Waals surface area contributed by atoms with Crippen LogP contribution in [0.25, 0.3) is 11.0 Å². The number of H-pyrrole nitrogens is 1. The van der Waals surface area contributed by atoms with E-state index in [1.807, 2.05) is 33.0 Å². The highest BCUT2D eigenvalue weighted by Gasteiger charge is 2.28. The van der Waals surface area contributed by atoms with Crippen molar-refractivity contribution in [3.63, 3.8) is 0 Å². The number of hydrogen-bond donors (Lipinski definition) is 3. The van der Waals surface area contributed by atoms with Crippen LogP contribution in [0.2, 0.25) is 0 Å².